The van der Waals surface area contributed by atoms with E-state index in [-0.39, 0.29) is 23.0 Å². The molecule has 10 nitrogen and oxygen atoms in total. The number of nitrogens with zero attached hydrogens (tertiary/aromatic N) is 5. The molecule has 0 bridgehead atoms. The number of hydrogen-bond donors (Lipinski definition) is 4. The summed E-state index contributed by atoms with van der Waals surface area (Å²) in [5, 5.41) is 15.8. The standard InChI is InChI=1S/C14H26BN5O2.C8H15N3/c1-14(2,19-8-6-16-11-19)4-5-18-13(21)12-10-20(15(3)22)9-7-17-12;1-8(2,3-4-9)11-6-5-10-7-11/h6,8,11-12,17,22H,4-5,7,9-10H2,1-3H3,(H,18,21);5-7H,3-4,9H2,1-2H3/t12-;/m1./s1. The minimum absolute atomic E-state index is 0.00761. The first-order valence-electron chi connectivity index (χ1n) is 11.7. The molecule has 5 N–H and O–H groups in total. The fourth-order valence-electron chi connectivity index (χ4n) is 3.75. The minimum atomic E-state index is -0.516. The van der Waals surface area contributed by atoms with Crippen molar-refractivity contribution in [2.24, 2.45) is 5.73 Å². The molecule has 184 valence electrons. The van der Waals surface area contributed by atoms with Gasteiger partial charge in [-0.1, -0.05) is 0 Å². The van der Waals surface area contributed by atoms with Gasteiger partial charge >= 0.3 is 7.05 Å². The fourth-order valence-corrected chi connectivity index (χ4v) is 3.75. The Morgan fingerprint density at radius 3 is 2.21 bits per heavy atom. The van der Waals surface area contributed by atoms with Crippen molar-refractivity contribution in [2.45, 2.75) is 64.5 Å². The first-order chi connectivity index (χ1) is 15.6. The second kappa shape index (κ2) is 12.3. The summed E-state index contributed by atoms with van der Waals surface area (Å²) < 4.78 is 4.13. The summed E-state index contributed by atoms with van der Waals surface area (Å²) in [6.07, 6.45) is 12.9. The topological polar surface area (TPSA) is 126 Å². The van der Waals surface area contributed by atoms with Gasteiger partial charge in [0.05, 0.1) is 18.7 Å². The molecule has 1 atom stereocenters. The van der Waals surface area contributed by atoms with E-state index in [1.165, 1.54) is 0 Å². The van der Waals surface area contributed by atoms with Gasteiger partial charge in [-0.2, -0.15) is 0 Å². The Labute approximate surface area is 198 Å². The summed E-state index contributed by atoms with van der Waals surface area (Å²) in [6, 6.07) is -0.264. The van der Waals surface area contributed by atoms with Gasteiger partial charge in [0.2, 0.25) is 5.91 Å². The van der Waals surface area contributed by atoms with Gasteiger partial charge in [0.15, 0.2) is 0 Å². The van der Waals surface area contributed by atoms with Crippen LogP contribution in [0.5, 0.6) is 0 Å². The van der Waals surface area contributed by atoms with Crippen LogP contribution in [0.4, 0.5) is 0 Å². The molecule has 1 amide bonds. The van der Waals surface area contributed by atoms with Crippen LogP contribution < -0.4 is 16.4 Å². The number of amides is 1. The molecule has 0 aromatic carbocycles. The Kier molecular flexibility index (Phi) is 10.1. The third-order valence-electron chi connectivity index (χ3n) is 6.25. The van der Waals surface area contributed by atoms with E-state index >= 15 is 0 Å². The van der Waals surface area contributed by atoms with Crippen LogP contribution in [0.3, 0.4) is 0 Å². The van der Waals surface area contributed by atoms with E-state index in [2.05, 4.69) is 52.9 Å². The molecule has 2 aromatic rings. The predicted molar refractivity (Wildman–Crippen MR) is 132 cm³/mol. The molecule has 0 spiro atoms. The smallest absolute Gasteiger partial charge is 0.376 e. The molecule has 3 rings (SSSR count). The third kappa shape index (κ3) is 8.26. The van der Waals surface area contributed by atoms with Crippen LogP contribution in [0, 0.1) is 0 Å². The van der Waals surface area contributed by atoms with Crippen LogP contribution in [-0.4, -0.2) is 80.7 Å². The summed E-state index contributed by atoms with van der Waals surface area (Å²) in [5.41, 5.74) is 5.50. The lowest BCUT2D eigenvalue weighted by Crippen LogP contribution is -2.60. The van der Waals surface area contributed by atoms with E-state index in [0.29, 0.717) is 26.2 Å². The molecule has 0 radical (unpaired) electrons. The summed E-state index contributed by atoms with van der Waals surface area (Å²) in [7, 11) is -0.516. The maximum Gasteiger partial charge on any atom is 0.376 e. The molecule has 0 unspecified atom stereocenters. The molecule has 1 saturated heterocycles. The Bertz CT molecular complexity index is 808. The van der Waals surface area contributed by atoms with E-state index in [4.69, 9.17) is 5.73 Å². The lowest BCUT2D eigenvalue weighted by molar-refractivity contribution is -0.123. The zero-order chi connectivity index (χ0) is 24.5. The first-order valence-corrected chi connectivity index (χ1v) is 11.7. The van der Waals surface area contributed by atoms with Crippen molar-refractivity contribution < 1.29 is 9.82 Å². The molecule has 2 aromatic heterocycles. The highest BCUT2D eigenvalue weighted by molar-refractivity contribution is 6.45. The lowest BCUT2D eigenvalue weighted by atomic mass is 9.83. The molecule has 1 aliphatic heterocycles. The zero-order valence-corrected chi connectivity index (χ0v) is 20.7. The molecule has 1 aliphatic rings. The Morgan fingerprint density at radius 2 is 1.73 bits per heavy atom. The zero-order valence-electron chi connectivity index (χ0n) is 20.7. The van der Waals surface area contributed by atoms with Crippen LogP contribution in [0.2, 0.25) is 6.82 Å². The monoisotopic (exact) mass is 460 g/mol. The average molecular weight is 460 g/mol. The molecule has 3 heterocycles. The molecular weight excluding hydrogens is 419 g/mol. The van der Waals surface area contributed by atoms with Crippen molar-refractivity contribution in [3.05, 3.63) is 37.4 Å². The number of nitrogens with one attached hydrogen (secondary N) is 2. The Hall–Kier alpha value is -2.21. The molecule has 33 heavy (non-hydrogen) atoms. The maximum absolute atomic E-state index is 12.2. The quantitative estimate of drug-likeness (QED) is 0.401. The van der Waals surface area contributed by atoms with Crippen molar-refractivity contribution in [3.63, 3.8) is 0 Å². The van der Waals surface area contributed by atoms with Gasteiger partial charge < -0.3 is 35.3 Å². The van der Waals surface area contributed by atoms with Crippen LogP contribution in [0.15, 0.2) is 37.4 Å². The van der Waals surface area contributed by atoms with Gasteiger partial charge in [-0.15, -0.1) is 0 Å². The molecular formula is C22H41BN8O2. The average Bonchev–Trinajstić information content (AvgIpc) is 3.49. The number of hydrogen-bond acceptors (Lipinski definition) is 7. The summed E-state index contributed by atoms with van der Waals surface area (Å²) in [5.74, 6) is -0.00761. The van der Waals surface area contributed by atoms with Crippen molar-refractivity contribution in [2.75, 3.05) is 32.7 Å². The molecule has 11 heteroatoms. The van der Waals surface area contributed by atoms with Gasteiger partial charge in [0, 0.05) is 62.0 Å². The van der Waals surface area contributed by atoms with Crippen LogP contribution in [0.1, 0.15) is 40.5 Å². The van der Waals surface area contributed by atoms with E-state index in [9.17, 15) is 9.82 Å². The van der Waals surface area contributed by atoms with Crippen molar-refractivity contribution in [1.82, 2.24) is 34.5 Å². The first kappa shape index (κ1) is 27.0. The van der Waals surface area contributed by atoms with E-state index in [1.807, 2.05) is 28.1 Å². The molecule has 0 saturated carbocycles. The number of aromatic nitrogens is 4. The SMILES string of the molecule is CB(O)N1CCN[C@@H](C(=O)NCCC(C)(C)n2ccnc2)C1.CC(C)(CCN)n1ccnc1. The normalized spacial score (nSPS) is 17.2. The van der Waals surface area contributed by atoms with Gasteiger partial charge in [0.25, 0.3) is 0 Å². The Balaban J connectivity index is 0.000000294. The van der Waals surface area contributed by atoms with E-state index < -0.39 is 7.05 Å². The number of piperazine rings is 1. The van der Waals surface area contributed by atoms with E-state index in [0.717, 1.165) is 19.4 Å². The number of nitrogens with two attached hydrogens (primary N) is 1. The largest absolute Gasteiger partial charge is 0.437 e. The van der Waals surface area contributed by atoms with Crippen molar-refractivity contribution in [1.29, 1.82) is 0 Å². The van der Waals surface area contributed by atoms with Crippen LogP contribution in [0.25, 0.3) is 0 Å². The highest BCUT2D eigenvalue weighted by atomic mass is 16.2. The van der Waals surface area contributed by atoms with Crippen molar-refractivity contribution in [3.8, 4) is 0 Å². The third-order valence-corrected chi connectivity index (χ3v) is 6.25. The number of rotatable bonds is 9. The summed E-state index contributed by atoms with van der Waals surface area (Å²) in [4.78, 5) is 22.2. The molecule has 1 fully saturated rings. The van der Waals surface area contributed by atoms with Gasteiger partial charge in [-0.25, -0.2) is 9.97 Å². The second-order valence-electron chi connectivity index (χ2n) is 9.78. The van der Waals surface area contributed by atoms with Crippen LogP contribution in [-0.2, 0) is 15.9 Å². The number of carbonyl (C=O) groups is 1. The predicted octanol–water partition coefficient (Wildman–Crippen LogP) is 0.476. The highest BCUT2D eigenvalue weighted by Gasteiger charge is 2.29. The Morgan fingerprint density at radius 1 is 1.15 bits per heavy atom. The van der Waals surface area contributed by atoms with Crippen molar-refractivity contribution >= 4 is 13.0 Å². The van der Waals surface area contributed by atoms with Crippen LogP contribution >= 0.6 is 0 Å². The van der Waals surface area contributed by atoms with Gasteiger partial charge in [-0.05, 0) is 53.9 Å². The second-order valence-corrected chi connectivity index (χ2v) is 9.78. The summed E-state index contributed by atoms with van der Waals surface area (Å²) in [6.45, 7) is 13.6. The number of imidazole rings is 2. The van der Waals surface area contributed by atoms with Gasteiger partial charge in [-0.3, -0.25) is 4.79 Å². The van der Waals surface area contributed by atoms with E-state index in [1.54, 1.807) is 25.5 Å². The maximum atomic E-state index is 12.2. The lowest BCUT2D eigenvalue weighted by Gasteiger charge is -2.34. The minimum Gasteiger partial charge on any atom is -0.437 e. The summed E-state index contributed by atoms with van der Waals surface area (Å²) >= 11 is 0. The number of carbonyl (C=O) groups excluding carboxylic acids is 1. The van der Waals surface area contributed by atoms with Gasteiger partial charge in [0.1, 0.15) is 0 Å². The molecule has 0 aliphatic carbocycles. The fraction of sp³-hybridized carbons (Fsp3) is 0.682. The highest BCUT2D eigenvalue weighted by Crippen LogP contribution is 2.18.